The molecule has 0 heterocycles. The highest BCUT2D eigenvalue weighted by Crippen LogP contribution is 1.86. The van der Waals surface area contributed by atoms with Crippen LogP contribution in [0.1, 0.15) is 13.3 Å². The van der Waals surface area contributed by atoms with E-state index < -0.39 is 0 Å². The van der Waals surface area contributed by atoms with Crippen molar-refractivity contribution in [2.75, 3.05) is 31.6 Å². The summed E-state index contributed by atoms with van der Waals surface area (Å²) < 4.78 is 0. The summed E-state index contributed by atoms with van der Waals surface area (Å²) in [6.07, 6.45) is 3.05. The van der Waals surface area contributed by atoms with Crippen molar-refractivity contribution >= 4 is 17.7 Å². The molecule has 0 rings (SSSR count). The van der Waals surface area contributed by atoms with Gasteiger partial charge < -0.3 is 10.6 Å². The summed E-state index contributed by atoms with van der Waals surface area (Å²) in [4.78, 5) is 11.0. The van der Waals surface area contributed by atoms with E-state index in [1.54, 1.807) is 11.8 Å². The smallest absolute Gasteiger partial charge is 0.233 e. The number of thioether (sulfide) groups is 1. The third-order valence-corrected chi connectivity index (χ3v) is 1.95. The Balaban J connectivity index is 3.08. The Kier molecular flexibility index (Phi) is 8.71. The first kappa shape index (κ1) is 11.8. The average molecular weight is 190 g/mol. The number of hydrogen-bond acceptors (Lipinski definition) is 3. The van der Waals surface area contributed by atoms with E-state index in [0.717, 1.165) is 25.3 Å². The number of carbonyl (C=O) groups excluding carboxylic acids is 1. The molecule has 0 aromatic heterocycles. The van der Waals surface area contributed by atoms with E-state index in [9.17, 15) is 4.79 Å². The molecule has 0 fully saturated rings. The second-order valence-electron chi connectivity index (χ2n) is 2.52. The Morgan fingerprint density at radius 1 is 1.42 bits per heavy atom. The summed E-state index contributed by atoms with van der Waals surface area (Å²) in [6, 6.07) is 0. The van der Waals surface area contributed by atoms with E-state index in [1.165, 1.54) is 0 Å². The molecule has 72 valence electrons. The van der Waals surface area contributed by atoms with Crippen molar-refractivity contribution in [1.82, 2.24) is 10.6 Å². The highest BCUT2D eigenvalue weighted by molar-refractivity contribution is 7.98. The van der Waals surface area contributed by atoms with Crippen LogP contribution in [-0.4, -0.2) is 37.6 Å². The second-order valence-corrected chi connectivity index (χ2v) is 3.51. The maximum absolute atomic E-state index is 11.0. The van der Waals surface area contributed by atoms with Gasteiger partial charge >= 0.3 is 0 Å². The van der Waals surface area contributed by atoms with Gasteiger partial charge in [0, 0.05) is 18.8 Å². The van der Waals surface area contributed by atoms with Gasteiger partial charge in [-0.1, -0.05) is 6.92 Å². The van der Waals surface area contributed by atoms with E-state index >= 15 is 0 Å². The maximum Gasteiger partial charge on any atom is 0.233 e. The molecule has 0 unspecified atom stereocenters. The van der Waals surface area contributed by atoms with E-state index in [-0.39, 0.29) is 5.91 Å². The molecule has 0 aliphatic heterocycles. The normalized spacial score (nSPS) is 9.83. The van der Waals surface area contributed by atoms with Crippen LogP contribution in [0.5, 0.6) is 0 Å². The molecule has 0 saturated heterocycles. The fraction of sp³-hybridized carbons (Fsp3) is 0.875. The monoisotopic (exact) mass is 190 g/mol. The minimum atomic E-state index is 0.0953. The summed E-state index contributed by atoms with van der Waals surface area (Å²) in [5.41, 5.74) is 0. The molecular weight excluding hydrogens is 172 g/mol. The molecule has 0 bridgehead atoms. The highest BCUT2D eigenvalue weighted by atomic mass is 32.2. The topological polar surface area (TPSA) is 41.1 Å². The second kappa shape index (κ2) is 8.87. The number of carbonyl (C=O) groups is 1. The zero-order valence-corrected chi connectivity index (χ0v) is 8.67. The Morgan fingerprint density at radius 2 is 2.17 bits per heavy atom. The highest BCUT2D eigenvalue weighted by Gasteiger charge is 1.96. The SMILES string of the molecule is CCCNC(=O)CNCCSC. The molecule has 0 aromatic carbocycles. The quantitative estimate of drug-likeness (QED) is 0.573. The van der Waals surface area contributed by atoms with Gasteiger partial charge in [-0.3, -0.25) is 4.79 Å². The molecule has 0 saturated carbocycles. The summed E-state index contributed by atoms with van der Waals surface area (Å²) in [5, 5.41) is 5.86. The van der Waals surface area contributed by atoms with Gasteiger partial charge in [-0.25, -0.2) is 0 Å². The van der Waals surface area contributed by atoms with Gasteiger partial charge in [0.1, 0.15) is 0 Å². The minimum Gasteiger partial charge on any atom is -0.355 e. The molecule has 1 amide bonds. The molecule has 0 aromatic rings. The van der Waals surface area contributed by atoms with Crippen molar-refractivity contribution in [1.29, 1.82) is 0 Å². The third-order valence-electron chi connectivity index (χ3n) is 1.34. The van der Waals surface area contributed by atoms with Gasteiger partial charge in [0.2, 0.25) is 5.91 Å². The van der Waals surface area contributed by atoms with Crippen LogP contribution in [0.25, 0.3) is 0 Å². The van der Waals surface area contributed by atoms with E-state index in [0.29, 0.717) is 6.54 Å². The van der Waals surface area contributed by atoms with Crippen molar-refractivity contribution < 1.29 is 4.79 Å². The van der Waals surface area contributed by atoms with Gasteiger partial charge in [0.25, 0.3) is 0 Å². The van der Waals surface area contributed by atoms with Gasteiger partial charge in [-0.05, 0) is 12.7 Å². The van der Waals surface area contributed by atoms with Crippen LogP contribution in [0.3, 0.4) is 0 Å². The summed E-state index contributed by atoms with van der Waals surface area (Å²) in [5.74, 6) is 1.15. The van der Waals surface area contributed by atoms with Crippen LogP contribution in [0.2, 0.25) is 0 Å². The molecule has 3 nitrogen and oxygen atoms in total. The van der Waals surface area contributed by atoms with Crippen molar-refractivity contribution in [2.24, 2.45) is 0 Å². The number of amides is 1. The van der Waals surface area contributed by atoms with Crippen LogP contribution in [0, 0.1) is 0 Å². The van der Waals surface area contributed by atoms with Crippen LogP contribution in [-0.2, 0) is 4.79 Å². The van der Waals surface area contributed by atoms with Gasteiger partial charge in [0.15, 0.2) is 0 Å². The fourth-order valence-corrected chi connectivity index (χ4v) is 1.05. The van der Waals surface area contributed by atoms with Crippen molar-refractivity contribution in [2.45, 2.75) is 13.3 Å². The molecule has 0 aliphatic rings. The zero-order chi connectivity index (χ0) is 9.23. The Morgan fingerprint density at radius 3 is 2.75 bits per heavy atom. The number of rotatable bonds is 7. The average Bonchev–Trinajstić information content (AvgIpc) is 2.09. The summed E-state index contributed by atoms with van der Waals surface area (Å²) in [7, 11) is 0. The van der Waals surface area contributed by atoms with Crippen LogP contribution >= 0.6 is 11.8 Å². The minimum absolute atomic E-state index is 0.0953. The largest absolute Gasteiger partial charge is 0.355 e. The molecule has 12 heavy (non-hydrogen) atoms. The predicted molar refractivity (Wildman–Crippen MR) is 54.6 cm³/mol. The molecule has 4 heteroatoms. The lowest BCUT2D eigenvalue weighted by Crippen LogP contribution is -2.35. The first-order chi connectivity index (χ1) is 5.81. The lowest BCUT2D eigenvalue weighted by Gasteiger charge is -2.04. The summed E-state index contributed by atoms with van der Waals surface area (Å²) >= 11 is 1.78. The van der Waals surface area contributed by atoms with Crippen LogP contribution in [0.4, 0.5) is 0 Å². The van der Waals surface area contributed by atoms with Gasteiger partial charge in [-0.15, -0.1) is 0 Å². The first-order valence-corrected chi connectivity index (χ1v) is 5.67. The van der Waals surface area contributed by atoms with Crippen LogP contribution in [0.15, 0.2) is 0 Å². The maximum atomic E-state index is 11.0. The van der Waals surface area contributed by atoms with E-state index in [4.69, 9.17) is 0 Å². The van der Waals surface area contributed by atoms with Gasteiger partial charge in [-0.2, -0.15) is 11.8 Å². The van der Waals surface area contributed by atoms with E-state index in [1.807, 2.05) is 6.92 Å². The predicted octanol–water partition coefficient (Wildman–Crippen LogP) is 0.465. The molecule has 0 atom stereocenters. The number of nitrogens with one attached hydrogen (secondary N) is 2. The van der Waals surface area contributed by atoms with Crippen molar-refractivity contribution in [3.05, 3.63) is 0 Å². The van der Waals surface area contributed by atoms with Crippen molar-refractivity contribution in [3.8, 4) is 0 Å². The molecule has 0 aliphatic carbocycles. The standard InChI is InChI=1S/C8H18N2OS/c1-3-4-10-8(11)7-9-5-6-12-2/h9H,3-7H2,1-2H3,(H,10,11). The molecule has 0 radical (unpaired) electrons. The molecule has 0 spiro atoms. The van der Waals surface area contributed by atoms with E-state index in [2.05, 4.69) is 16.9 Å². The van der Waals surface area contributed by atoms with Crippen molar-refractivity contribution in [3.63, 3.8) is 0 Å². The lowest BCUT2D eigenvalue weighted by molar-refractivity contribution is -0.120. The first-order valence-electron chi connectivity index (χ1n) is 4.27. The zero-order valence-electron chi connectivity index (χ0n) is 7.85. The Bertz CT molecular complexity index is 120. The molecule has 2 N–H and O–H groups in total. The fourth-order valence-electron chi connectivity index (χ4n) is 0.703. The Hall–Kier alpha value is -0.220. The Labute approximate surface area is 78.7 Å². The van der Waals surface area contributed by atoms with Crippen LogP contribution < -0.4 is 10.6 Å². The number of hydrogen-bond donors (Lipinski definition) is 2. The lowest BCUT2D eigenvalue weighted by atomic mass is 10.4. The molecular formula is C8H18N2OS. The third kappa shape index (κ3) is 7.88. The van der Waals surface area contributed by atoms with Gasteiger partial charge in [0.05, 0.1) is 6.54 Å². The summed E-state index contributed by atoms with van der Waals surface area (Å²) in [6.45, 7) is 4.17.